The molecular formula is C16H20N2O. The van der Waals surface area contributed by atoms with Crippen molar-refractivity contribution in [3.8, 4) is 5.88 Å². The molecule has 0 radical (unpaired) electrons. The highest BCUT2D eigenvalue weighted by molar-refractivity contribution is 5.22. The number of nitrogens with zero attached hydrogens (tertiary/aromatic N) is 2. The molecule has 2 rings (SSSR count). The van der Waals surface area contributed by atoms with E-state index < -0.39 is 0 Å². The Kier molecular flexibility index (Phi) is 4.50. The van der Waals surface area contributed by atoms with Crippen molar-refractivity contribution in [1.29, 1.82) is 0 Å². The quantitative estimate of drug-likeness (QED) is 0.822. The predicted octanol–water partition coefficient (Wildman–Crippen LogP) is 3.41. The lowest BCUT2D eigenvalue weighted by atomic mass is 10.1. The Balaban J connectivity index is 2.12. The lowest BCUT2D eigenvalue weighted by molar-refractivity contribution is 0.260. The summed E-state index contributed by atoms with van der Waals surface area (Å²) >= 11 is 0. The van der Waals surface area contributed by atoms with Gasteiger partial charge in [0, 0.05) is 18.2 Å². The molecule has 0 aliphatic carbocycles. The van der Waals surface area contributed by atoms with E-state index in [1.165, 1.54) is 5.56 Å². The smallest absolute Gasteiger partial charge is 0.216 e. The number of hydrogen-bond acceptors (Lipinski definition) is 3. The van der Waals surface area contributed by atoms with Crippen molar-refractivity contribution >= 4 is 0 Å². The molecule has 0 saturated heterocycles. The van der Waals surface area contributed by atoms with Crippen LogP contribution in [0, 0.1) is 12.8 Å². The first-order valence-electron chi connectivity index (χ1n) is 6.65. The number of benzene rings is 1. The first-order valence-corrected chi connectivity index (χ1v) is 6.65. The molecule has 19 heavy (non-hydrogen) atoms. The highest BCUT2D eigenvalue weighted by Crippen LogP contribution is 2.13. The molecule has 1 aromatic heterocycles. The maximum absolute atomic E-state index is 5.68. The topological polar surface area (TPSA) is 35.0 Å². The van der Waals surface area contributed by atoms with E-state index in [1.54, 1.807) is 0 Å². The van der Waals surface area contributed by atoms with E-state index in [-0.39, 0.29) is 0 Å². The van der Waals surface area contributed by atoms with Crippen molar-refractivity contribution in [1.82, 2.24) is 9.97 Å². The second kappa shape index (κ2) is 6.32. The van der Waals surface area contributed by atoms with Crippen LogP contribution in [0.2, 0.25) is 0 Å². The Morgan fingerprint density at radius 2 is 1.84 bits per heavy atom. The van der Waals surface area contributed by atoms with Gasteiger partial charge in [-0.15, -0.1) is 0 Å². The van der Waals surface area contributed by atoms with Gasteiger partial charge in [0.25, 0.3) is 0 Å². The third-order valence-electron chi connectivity index (χ3n) is 2.65. The second-order valence-corrected chi connectivity index (χ2v) is 5.13. The highest BCUT2D eigenvalue weighted by atomic mass is 16.5. The van der Waals surface area contributed by atoms with Crippen LogP contribution in [0.4, 0.5) is 0 Å². The molecule has 2 aromatic rings. The zero-order valence-electron chi connectivity index (χ0n) is 11.8. The van der Waals surface area contributed by atoms with Crippen molar-refractivity contribution in [3.05, 3.63) is 53.5 Å². The normalized spacial score (nSPS) is 10.7. The van der Waals surface area contributed by atoms with Crippen molar-refractivity contribution in [2.24, 2.45) is 5.92 Å². The van der Waals surface area contributed by atoms with Gasteiger partial charge in [0.1, 0.15) is 5.82 Å². The van der Waals surface area contributed by atoms with Crippen LogP contribution in [0.5, 0.6) is 5.88 Å². The van der Waals surface area contributed by atoms with E-state index in [1.807, 2.05) is 31.2 Å². The van der Waals surface area contributed by atoms with Gasteiger partial charge in [0.15, 0.2) is 0 Å². The van der Waals surface area contributed by atoms with E-state index in [0.717, 1.165) is 17.9 Å². The average molecular weight is 256 g/mol. The molecule has 1 aromatic carbocycles. The van der Waals surface area contributed by atoms with Gasteiger partial charge in [-0.25, -0.2) is 4.98 Å². The van der Waals surface area contributed by atoms with Crippen molar-refractivity contribution in [2.45, 2.75) is 27.2 Å². The van der Waals surface area contributed by atoms with Crippen LogP contribution in [-0.4, -0.2) is 16.6 Å². The molecule has 1 heterocycles. The molecule has 0 aliphatic rings. The summed E-state index contributed by atoms with van der Waals surface area (Å²) in [6.45, 7) is 6.90. The van der Waals surface area contributed by atoms with Gasteiger partial charge in [0.05, 0.1) is 6.61 Å². The molecule has 0 atom stereocenters. The highest BCUT2D eigenvalue weighted by Gasteiger charge is 2.05. The maximum Gasteiger partial charge on any atom is 0.216 e. The molecule has 0 bridgehead atoms. The molecule has 0 N–H and O–H groups in total. The first-order chi connectivity index (χ1) is 9.13. The van der Waals surface area contributed by atoms with Crippen molar-refractivity contribution in [2.75, 3.05) is 6.61 Å². The van der Waals surface area contributed by atoms with E-state index in [2.05, 4.69) is 35.9 Å². The summed E-state index contributed by atoms with van der Waals surface area (Å²) in [6.07, 6.45) is 0.737. The lowest BCUT2D eigenvalue weighted by Gasteiger charge is -2.09. The fourth-order valence-electron chi connectivity index (χ4n) is 1.78. The minimum absolute atomic E-state index is 0.493. The number of aromatic nitrogens is 2. The zero-order chi connectivity index (χ0) is 13.7. The second-order valence-electron chi connectivity index (χ2n) is 5.13. The van der Waals surface area contributed by atoms with Crippen LogP contribution >= 0.6 is 0 Å². The Morgan fingerprint density at radius 3 is 2.53 bits per heavy atom. The summed E-state index contributed by atoms with van der Waals surface area (Å²) in [4.78, 5) is 8.93. The molecule has 0 amide bonds. The molecule has 0 fully saturated rings. The molecule has 0 spiro atoms. The third-order valence-corrected chi connectivity index (χ3v) is 2.65. The number of hydrogen-bond donors (Lipinski definition) is 0. The Labute approximate surface area is 114 Å². The zero-order valence-corrected chi connectivity index (χ0v) is 11.8. The van der Waals surface area contributed by atoms with E-state index in [4.69, 9.17) is 4.74 Å². The SMILES string of the molecule is Cc1cc(OCC(C)C)nc(Cc2ccccc2)n1. The fraction of sp³-hybridized carbons (Fsp3) is 0.375. The number of ether oxygens (including phenoxy) is 1. The number of rotatable bonds is 5. The van der Waals surface area contributed by atoms with Gasteiger partial charge in [0.2, 0.25) is 5.88 Å². The fourth-order valence-corrected chi connectivity index (χ4v) is 1.78. The van der Waals surface area contributed by atoms with Gasteiger partial charge in [-0.05, 0) is 18.4 Å². The van der Waals surface area contributed by atoms with E-state index in [0.29, 0.717) is 18.4 Å². The standard InChI is InChI=1S/C16H20N2O/c1-12(2)11-19-16-9-13(3)17-15(18-16)10-14-7-5-4-6-8-14/h4-9,12H,10-11H2,1-3H3. The molecule has 3 nitrogen and oxygen atoms in total. The van der Waals surface area contributed by atoms with E-state index in [9.17, 15) is 0 Å². The summed E-state index contributed by atoms with van der Waals surface area (Å²) < 4.78 is 5.68. The summed E-state index contributed by atoms with van der Waals surface area (Å²) in [6, 6.07) is 12.1. The summed E-state index contributed by atoms with van der Waals surface area (Å²) in [5.74, 6) is 1.98. The van der Waals surface area contributed by atoms with E-state index >= 15 is 0 Å². The molecule has 0 unspecified atom stereocenters. The minimum Gasteiger partial charge on any atom is -0.477 e. The molecule has 0 saturated carbocycles. The molecule has 0 aliphatic heterocycles. The average Bonchev–Trinajstić information content (AvgIpc) is 2.37. The first kappa shape index (κ1) is 13.5. The monoisotopic (exact) mass is 256 g/mol. The molecule has 3 heteroatoms. The van der Waals surface area contributed by atoms with Gasteiger partial charge < -0.3 is 4.74 Å². The van der Waals surface area contributed by atoms with Gasteiger partial charge in [-0.3, -0.25) is 0 Å². The third kappa shape index (κ3) is 4.36. The van der Waals surface area contributed by atoms with Crippen LogP contribution in [0.15, 0.2) is 36.4 Å². The van der Waals surface area contributed by atoms with Crippen molar-refractivity contribution < 1.29 is 4.74 Å². The Hall–Kier alpha value is -1.90. The maximum atomic E-state index is 5.68. The van der Waals surface area contributed by atoms with Gasteiger partial charge >= 0.3 is 0 Å². The minimum atomic E-state index is 0.493. The molecular weight excluding hydrogens is 236 g/mol. The van der Waals surface area contributed by atoms with Gasteiger partial charge in [-0.2, -0.15) is 4.98 Å². The molecule has 100 valence electrons. The Morgan fingerprint density at radius 1 is 1.11 bits per heavy atom. The van der Waals surface area contributed by atoms with Crippen LogP contribution < -0.4 is 4.74 Å². The summed E-state index contributed by atoms with van der Waals surface area (Å²) in [7, 11) is 0. The van der Waals surface area contributed by atoms with Crippen LogP contribution in [-0.2, 0) is 6.42 Å². The van der Waals surface area contributed by atoms with Crippen LogP contribution in [0.3, 0.4) is 0 Å². The van der Waals surface area contributed by atoms with Crippen LogP contribution in [0.1, 0.15) is 30.9 Å². The van der Waals surface area contributed by atoms with Gasteiger partial charge in [-0.1, -0.05) is 44.2 Å². The van der Waals surface area contributed by atoms with Crippen LogP contribution in [0.25, 0.3) is 0 Å². The predicted molar refractivity (Wildman–Crippen MR) is 76.4 cm³/mol. The summed E-state index contributed by atoms with van der Waals surface area (Å²) in [5.41, 5.74) is 2.16. The largest absolute Gasteiger partial charge is 0.477 e. The van der Waals surface area contributed by atoms with Crippen molar-refractivity contribution in [3.63, 3.8) is 0 Å². The Bertz CT molecular complexity index is 524. The summed E-state index contributed by atoms with van der Waals surface area (Å²) in [5, 5.41) is 0. The lowest BCUT2D eigenvalue weighted by Crippen LogP contribution is -2.08. The number of aryl methyl sites for hydroxylation is 1.